The molecule has 2 N–H and O–H groups in total. The molecule has 8 heteroatoms. The molecule has 0 radical (unpaired) electrons. The number of methoxy groups -OCH3 is 1. The van der Waals surface area contributed by atoms with Crippen LogP contribution in [0.25, 0.3) is 10.8 Å². The standard InChI is InChI=1S/C23H26N4O4/c1-30-18-7-6-15-4-2-3-5-16(15)19(18)21-20-17(24-23(29)25-21)14-27(22(20)28)9-8-26-10-12-31-13-11-26/h2-7,21H,8-14H2,1H3,(H2,24,25,29). The van der Waals surface area contributed by atoms with E-state index in [1.807, 2.05) is 41.3 Å². The van der Waals surface area contributed by atoms with Crippen LogP contribution in [0.5, 0.6) is 5.75 Å². The first-order chi connectivity index (χ1) is 15.2. The Hall–Kier alpha value is -3.10. The maximum Gasteiger partial charge on any atom is 0.319 e. The van der Waals surface area contributed by atoms with Gasteiger partial charge in [-0.2, -0.15) is 0 Å². The SMILES string of the molecule is COc1ccc2ccccc2c1C1NC(=O)NC2=C1C(=O)N(CCN1CCOCC1)C2. The molecule has 2 aromatic carbocycles. The van der Waals surface area contributed by atoms with E-state index in [1.165, 1.54) is 0 Å². The lowest BCUT2D eigenvalue weighted by atomic mass is 9.91. The number of carbonyl (C=O) groups is 2. The molecule has 3 heterocycles. The van der Waals surface area contributed by atoms with Crippen molar-refractivity contribution in [2.45, 2.75) is 6.04 Å². The van der Waals surface area contributed by atoms with E-state index >= 15 is 0 Å². The third-order valence-corrected chi connectivity index (χ3v) is 6.25. The Morgan fingerprint density at radius 3 is 2.71 bits per heavy atom. The number of hydrogen-bond donors (Lipinski definition) is 2. The smallest absolute Gasteiger partial charge is 0.319 e. The summed E-state index contributed by atoms with van der Waals surface area (Å²) in [5.74, 6) is 0.605. The van der Waals surface area contributed by atoms with Crippen molar-refractivity contribution in [3.63, 3.8) is 0 Å². The normalized spacial score (nSPS) is 21.8. The summed E-state index contributed by atoms with van der Waals surface area (Å²) in [6.07, 6.45) is 0. The van der Waals surface area contributed by atoms with Gasteiger partial charge in [0, 0.05) is 31.7 Å². The number of morpholine rings is 1. The monoisotopic (exact) mass is 422 g/mol. The summed E-state index contributed by atoms with van der Waals surface area (Å²) in [4.78, 5) is 30.0. The van der Waals surface area contributed by atoms with Gasteiger partial charge in [-0.3, -0.25) is 9.69 Å². The molecule has 3 amide bonds. The third kappa shape index (κ3) is 3.62. The first-order valence-electron chi connectivity index (χ1n) is 10.6. The number of fused-ring (bicyclic) bond motifs is 1. The Morgan fingerprint density at radius 1 is 1.10 bits per heavy atom. The van der Waals surface area contributed by atoms with Gasteiger partial charge in [0.25, 0.3) is 5.91 Å². The zero-order chi connectivity index (χ0) is 21.4. The van der Waals surface area contributed by atoms with Crippen LogP contribution in [0, 0.1) is 0 Å². The van der Waals surface area contributed by atoms with Crippen molar-refractivity contribution in [2.24, 2.45) is 0 Å². The van der Waals surface area contributed by atoms with Crippen LogP contribution in [0.3, 0.4) is 0 Å². The molecule has 0 aliphatic carbocycles. The van der Waals surface area contributed by atoms with Gasteiger partial charge in [-0.05, 0) is 16.8 Å². The molecule has 0 saturated carbocycles. The van der Waals surface area contributed by atoms with E-state index in [2.05, 4.69) is 15.5 Å². The second-order valence-corrected chi connectivity index (χ2v) is 8.01. The lowest BCUT2D eigenvalue weighted by molar-refractivity contribution is -0.126. The van der Waals surface area contributed by atoms with Gasteiger partial charge in [-0.25, -0.2) is 4.79 Å². The highest BCUT2D eigenvalue weighted by Gasteiger charge is 2.41. The van der Waals surface area contributed by atoms with Crippen molar-refractivity contribution < 1.29 is 19.1 Å². The predicted octanol–water partition coefficient (Wildman–Crippen LogP) is 1.63. The highest BCUT2D eigenvalue weighted by atomic mass is 16.5. The average Bonchev–Trinajstić information content (AvgIpc) is 3.12. The Morgan fingerprint density at radius 2 is 1.90 bits per heavy atom. The van der Waals surface area contributed by atoms with E-state index in [9.17, 15) is 9.59 Å². The largest absolute Gasteiger partial charge is 0.496 e. The minimum absolute atomic E-state index is 0.0456. The van der Waals surface area contributed by atoms with Gasteiger partial charge in [-0.15, -0.1) is 0 Å². The van der Waals surface area contributed by atoms with Crippen molar-refractivity contribution >= 4 is 22.7 Å². The van der Waals surface area contributed by atoms with Gasteiger partial charge in [-0.1, -0.05) is 30.3 Å². The van der Waals surface area contributed by atoms with Gasteiger partial charge >= 0.3 is 6.03 Å². The second kappa shape index (κ2) is 8.20. The van der Waals surface area contributed by atoms with Gasteiger partial charge in [0.05, 0.1) is 44.2 Å². The number of amides is 3. The number of rotatable bonds is 5. The van der Waals surface area contributed by atoms with E-state index in [1.54, 1.807) is 7.11 Å². The van der Waals surface area contributed by atoms with E-state index in [0.29, 0.717) is 30.1 Å². The lowest BCUT2D eigenvalue weighted by Gasteiger charge is -2.29. The van der Waals surface area contributed by atoms with Gasteiger partial charge in [0.15, 0.2) is 0 Å². The fraction of sp³-hybridized carbons (Fsp3) is 0.391. The van der Waals surface area contributed by atoms with E-state index in [-0.39, 0.29) is 11.9 Å². The summed E-state index contributed by atoms with van der Waals surface area (Å²) in [6, 6.07) is 10.9. The molecule has 8 nitrogen and oxygen atoms in total. The molecule has 5 rings (SSSR count). The van der Waals surface area contributed by atoms with E-state index < -0.39 is 6.04 Å². The van der Waals surface area contributed by atoms with Crippen LogP contribution >= 0.6 is 0 Å². The van der Waals surface area contributed by atoms with Gasteiger partial charge in [0.1, 0.15) is 5.75 Å². The highest BCUT2D eigenvalue weighted by molar-refractivity contribution is 6.03. The molecule has 1 unspecified atom stereocenters. The average molecular weight is 422 g/mol. The van der Waals surface area contributed by atoms with Crippen LogP contribution in [0.15, 0.2) is 47.7 Å². The Kier molecular flexibility index (Phi) is 5.25. The molecule has 1 atom stereocenters. The third-order valence-electron chi connectivity index (χ3n) is 6.25. The fourth-order valence-electron chi connectivity index (χ4n) is 4.66. The fourth-order valence-corrected chi connectivity index (χ4v) is 4.66. The summed E-state index contributed by atoms with van der Waals surface area (Å²) < 4.78 is 11.0. The molecule has 0 aromatic heterocycles. The topological polar surface area (TPSA) is 83.1 Å². The highest BCUT2D eigenvalue weighted by Crippen LogP contribution is 2.40. The Balaban J connectivity index is 1.47. The molecule has 31 heavy (non-hydrogen) atoms. The number of ether oxygens (including phenoxy) is 2. The van der Waals surface area contributed by atoms with Crippen LogP contribution in [-0.2, 0) is 9.53 Å². The molecular weight excluding hydrogens is 396 g/mol. The van der Waals surface area contributed by atoms with Crippen molar-refractivity contribution in [3.8, 4) is 5.75 Å². The second-order valence-electron chi connectivity index (χ2n) is 8.01. The van der Waals surface area contributed by atoms with Crippen LogP contribution in [-0.4, -0.2) is 74.8 Å². The van der Waals surface area contributed by atoms with Gasteiger partial charge < -0.3 is 25.0 Å². The number of carbonyl (C=O) groups excluding carboxylic acids is 2. The Bertz CT molecular complexity index is 1060. The van der Waals surface area contributed by atoms with Crippen LogP contribution in [0.4, 0.5) is 4.79 Å². The quantitative estimate of drug-likeness (QED) is 0.765. The zero-order valence-electron chi connectivity index (χ0n) is 17.5. The number of nitrogens with one attached hydrogen (secondary N) is 2. The molecule has 0 spiro atoms. The first kappa shape index (κ1) is 19.8. The molecule has 0 bridgehead atoms. The lowest BCUT2D eigenvalue weighted by Crippen LogP contribution is -2.44. The molecule has 2 aromatic rings. The number of nitrogens with zero attached hydrogens (tertiary/aromatic N) is 2. The van der Waals surface area contributed by atoms with Crippen LogP contribution in [0.2, 0.25) is 0 Å². The van der Waals surface area contributed by atoms with Crippen molar-refractivity contribution in [2.75, 3.05) is 53.0 Å². The predicted molar refractivity (Wildman–Crippen MR) is 116 cm³/mol. The van der Waals surface area contributed by atoms with E-state index in [4.69, 9.17) is 9.47 Å². The summed E-state index contributed by atoms with van der Waals surface area (Å²) in [5.41, 5.74) is 2.08. The summed E-state index contributed by atoms with van der Waals surface area (Å²) in [6.45, 7) is 5.03. The maximum atomic E-state index is 13.4. The van der Waals surface area contributed by atoms with E-state index in [0.717, 1.165) is 49.2 Å². The van der Waals surface area contributed by atoms with Crippen molar-refractivity contribution in [3.05, 3.63) is 53.2 Å². The Labute approximate surface area is 180 Å². The minimum Gasteiger partial charge on any atom is -0.496 e. The van der Waals surface area contributed by atoms with Crippen LogP contribution in [0.1, 0.15) is 11.6 Å². The number of benzene rings is 2. The van der Waals surface area contributed by atoms with Gasteiger partial charge in [0.2, 0.25) is 0 Å². The van der Waals surface area contributed by atoms with Crippen LogP contribution < -0.4 is 15.4 Å². The molecule has 1 fully saturated rings. The first-order valence-corrected chi connectivity index (χ1v) is 10.6. The van der Waals surface area contributed by atoms with Crippen molar-refractivity contribution in [1.82, 2.24) is 20.4 Å². The van der Waals surface area contributed by atoms with Crippen molar-refractivity contribution in [1.29, 1.82) is 0 Å². The number of hydrogen-bond acceptors (Lipinski definition) is 5. The molecule has 162 valence electrons. The maximum absolute atomic E-state index is 13.4. The molecule has 1 saturated heterocycles. The summed E-state index contributed by atoms with van der Waals surface area (Å²) in [5, 5.41) is 7.81. The number of urea groups is 1. The summed E-state index contributed by atoms with van der Waals surface area (Å²) in [7, 11) is 1.61. The molecular formula is C23H26N4O4. The summed E-state index contributed by atoms with van der Waals surface area (Å²) >= 11 is 0. The minimum atomic E-state index is -0.564. The molecule has 3 aliphatic rings. The molecule has 3 aliphatic heterocycles. The zero-order valence-corrected chi connectivity index (χ0v) is 17.5.